The molecule has 0 aliphatic carbocycles. The fourth-order valence-electron chi connectivity index (χ4n) is 2.10. The number of hydrogen-bond donors (Lipinski definition) is 1. The van der Waals surface area contributed by atoms with Crippen LogP contribution in [0.15, 0.2) is 24.3 Å². The van der Waals surface area contributed by atoms with Gasteiger partial charge in [-0.25, -0.2) is 0 Å². The molecule has 0 aromatic heterocycles. The first-order valence-electron chi connectivity index (χ1n) is 5.97. The van der Waals surface area contributed by atoms with E-state index in [-0.39, 0.29) is 5.41 Å². The van der Waals surface area contributed by atoms with E-state index in [0.717, 1.165) is 11.4 Å². The van der Waals surface area contributed by atoms with Gasteiger partial charge in [0.05, 0.1) is 7.11 Å². The second kappa shape index (κ2) is 5.41. The number of ether oxygens (including phenoxy) is 1. The lowest BCUT2D eigenvalue weighted by atomic mass is 9.85. The maximum Gasteiger partial charge on any atom is 0.120 e. The molecule has 3 nitrogen and oxygen atoms in total. The van der Waals surface area contributed by atoms with Crippen LogP contribution in [0.25, 0.3) is 0 Å². The molecular weight excluding hydrogens is 212 g/mol. The highest BCUT2D eigenvalue weighted by Gasteiger charge is 2.27. The summed E-state index contributed by atoms with van der Waals surface area (Å²) in [6.07, 6.45) is 0. The van der Waals surface area contributed by atoms with Gasteiger partial charge in [-0.2, -0.15) is 0 Å². The van der Waals surface area contributed by atoms with Crippen molar-refractivity contribution < 1.29 is 4.74 Å². The predicted molar refractivity (Wildman–Crippen MR) is 73.7 cm³/mol. The zero-order valence-electron chi connectivity index (χ0n) is 11.5. The van der Waals surface area contributed by atoms with Crippen molar-refractivity contribution in [3.05, 3.63) is 24.3 Å². The van der Waals surface area contributed by atoms with Gasteiger partial charge >= 0.3 is 0 Å². The second-order valence-electron chi connectivity index (χ2n) is 5.43. The first-order valence-corrected chi connectivity index (χ1v) is 5.97. The van der Waals surface area contributed by atoms with Crippen molar-refractivity contribution in [3.63, 3.8) is 0 Å². The van der Waals surface area contributed by atoms with Crippen molar-refractivity contribution in [1.29, 1.82) is 0 Å². The van der Waals surface area contributed by atoms with Gasteiger partial charge in [0.2, 0.25) is 0 Å². The van der Waals surface area contributed by atoms with E-state index in [4.69, 9.17) is 10.5 Å². The number of nitrogens with zero attached hydrogens (tertiary/aromatic N) is 1. The summed E-state index contributed by atoms with van der Waals surface area (Å²) in [5.41, 5.74) is 7.17. The predicted octanol–water partition coefficient (Wildman–Crippen LogP) is 2.50. The highest BCUT2D eigenvalue weighted by molar-refractivity contribution is 5.51. The molecule has 96 valence electrons. The van der Waals surface area contributed by atoms with Crippen LogP contribution in [0.2, 0.25) is 0 Å². The maximum atomic E-state index is 5.89. The number of likely N-dealkylation sites (N-methyl/N-ethyl adjacent to an activating group) is 1. The lowest BCUT2D eigenvalue weighted by Gasteiger charge is -2.38. The van der Waals surface area contributed by atoms with E-state index < -0.39 is 0 Å². The first kappa shape index (κ1) is 13.8. The van der Waals surface area contributed by atoms with Crippen molar-refractivity contribution in [2.75, 3.05) is 25.6 Å². The monoisotopic (exact) mass is 236 g/mol. The van der Waals surface area contributed by atoms with E-state index >= 15 is 0 Å². The Bertz CT molecular complexity index is 357. The molecule has 0 saturated carbocycles. The molecule has 0 amide bonds. The van der Waals surface area contributed by atoms with Crippen molar-refractivity contribution in [3.8, 4) is 5.75 Å². The van der Waals surface area contributed by atoms with Gasteiger partial charge < -0.3 is 15.4 Å². The Morgan fingerprint density at radius 2 is 2.00 bits per heavy atom. The lowest BCUT2D eigenvalue weighted by molar-refractivity contribution is 0.316. The zero-order chi connectivity index (χ0) is 13.1. The average Bonchev–Trinajstić information content (AvgIpc) is 2.28. The Hall–Kier alpha value is -1.22. The van der Waals surface area contributed by atoms with E-state index in [1.165, 1.54) is 0 Å². The van der Waals surface area contributed by atoms with Gasteiger partial charge in [-0.1, -0.05) is 26.8 Å². The largest absolute Gasteiger partial charge is 0.497 e. The molecule has 1 aromatic rings. The van der Waals surface area contributed by atoms with Crippen LogP contribution in [-0.4, -0.2) is 26.7 Å². The van der Waals surface area contributed by atoms with Gasteiger partial charge in [-0.3, -0.25) is 0 Å². The van der Waals surface area contributed by atoms with Crippen molar-refractivity contribution in [1.82, 2.24) is 0 Å². The van der Waals surface area contributed by atoms with E-state index in [9.17, 15) is 0 Å². The Labute approximate surface area is 105 Å². The van der Waals surface area contributed by atoms with Gasteiger partial charge in [0.15, 0.2) is 0 Å². The normalized spacial score (nSPS) is 13.3. The van der Waals surface area contributed by atoms with Crippen LogP contribution in [0.5, 0.6) is 5.75 Å². The number of nitrogens with two attached hydrogens (primary N) is 1. The number of methoxy groups -OCH3 is 1. The van der Waals surface area contributed by atoms with Crippen LogP contribution in [-0.2, 0) is 0 Å². The molecule has 0 spiro atoms. The van der Waals surface area contributed by atoms with Gasteiger partial charge in [-0.05, 0) is 17.5 Å². The molecule has 0 aliphatic rings. The molecule has 0 aliphatic heterocycles. The molecule has 0 bridgehead atoms. The van der Waals surface area contributed by atoms with E-state index in [1.54, 1.807) is 7.11 Å². The summed E-state index contributed by atoms with van der Waals surface area (Å²) < 4.78 is 5.25. The minimum absolute atomic E-state index is 0.145. The molecule has 0 saturated heterocycles. The standard InChI is InChI=1S/C14H24N2O/c1-14(2,3)13(10-15)16(4)11-7-6-8-12(9-11)17-5/h6-9,13H,10,15H2,1-5H3. The number of anilines is 1. The number of rotatable bonds is 4. The van der Waals surface area contributed by atoms with E-state index in [2.05, 4.69) is 38.8 Å². The van der Waals surface area contributed by atoms with Crippen LogP contribution in [0.4, 0.5) is 5.69 Å². The number of hydrogen-bond acceptors (Lipinski definition) is 3. The highest BCUT2D eigenvalue weighted by Crippen LogP contribution is 2.28. The summed E-state index contributed by atoms with van der Waals surface area (Å²) in [4.78, 5) is 2.22. The fraction of sp³-hybridized carbons (Fsp3) is 0.571. The third kappa shape index (κ3) is 3.37. The molecule has 2 N–H and O–H groups in total. The molecule has 1 atom stereocenters. The van der Waals surface area contributed by atoms with Gasteiger partial charge in [-0.15, -0.1) is 0 Å². The van der Waals surface area contributed by atoms with Crippen LogP contribution >= 0.6 is 0 Å². The highest BCUT2D eigenvalue weighted by atomic mass is 16.5. The summed E-state index contributed by atoms with van der Waals surface area (Å²) in [5.74, 6) is 0.874. The van der Waals surface area contributed by atoms with Crippen LogP contribution in [0.1, 0.15) is 20.8 Å². The summed E-state index contributed by atoms with van der Waals surface area (Å²) in [7, 11) is 3.76. The molecule has 3 heteroatoms. The lowest BCUT2D eigenvalue weighted by Crippen LogP contribution is -2.47. The number of benzene rings is 1. The van der Waals surface area contributed by atoms with Crippen LogP contribution in [0.3, 0.4) is 0 Å². The average molecular weight is 236 g/mol. The van der Waals surface area contributed by atoms with Gasteiger partial charge in [0.25, 0.3) is 0 Å². The van der Waals surface area contributed by atoms with Crippen molar-refractivity contribution >= 4 is 5.69 Å². The molecule has 0 heterocycles. The molecule has 0 radical (unpaired) electrons. The molecular formula is C14H24N2O. The summed E-state index contributed by atoms with van der Waals surface area (Å²) in [5, 5.41) is 0. The SMILES string of the molecule is COc1cccc(N(C)C(CN)C(C)(C)C)c1. The maximum absolute atomic E-state index is 5.89. The smallest absolute Gasteiger partial charge is 0.120 e. The van der Waals surface area contributed by atoms with Crippen LogP contribution < -0.4 is 15.4 Å². The minimum atomic E-state index is 0.145. The zero-order valence-corrected chi connectivity index (χ0v) is 11.5. The first-order chi connectivity index (χ1) is 7.90. The summed E-state index contributed by atoms with van der Waals surface area (Å²) in [6.45, 7) is 7.26. The summed E-state index contributed by atoms with van der Waals surface area (Å²) >= 11 is 0. The van der Waals surface area contributed by atoms with Crippen LogP contribution in [0, 0.1) is 5.41 Å². The summed E-state index contributed by atoms with van der Waals surface area (Å²) in [6, 6.07) is 8.37. The van der Waals surface area contributed by atoms with Crippen molar-refractivity contribution in [2.24, 2.45) is 11.1 Å². The molecule has 17 heavy (non-hydrogen) atoms. The molecule has 1 aromatic carbocycles. The third-order valence-corrected chi connectivity index (χ3v) is 3.15. The van der Waals surface area contributed by atoms with Gasteiger partial charge in [0.1, 0.15) is 5.75 Å². The molecule has 1 rings (SSSR count). The minimum Gasteiger partial charge on any atom is -0.497 e. The van der Waals surface area contributed by atoms with E-state index in [1.807, 2.05) is 18.2 Å². The molecule has 0 fully saturated rings. The Morgan fingerprint density at radius 1 is 1.35 bits per heavy atom. The molecule has 1 unspecified atom stereocenters. The second-order valence-corrected chi connectivity index (χ2v) is 5.43. The third-order valence-electron chi connectivity index (χ3n) is 3.15. The van der Waals surface area contributed by atoms with Gasteiger partial charge in [0, 0.05) is 31.4 Å². The Kier molecular flexibility index (Phi) is 4.40. The Morgan fingerprint density at radius 3 is 2.47 bits per heavy atom. The Balaban J connectivity index is 2.97. The quantitative estimate of drug-likeness (QED) is 0.873. The fourth-order valence-corrected chi connectivity index (χ4v) is 2.10. The van der Waals surface area contributed by atoms with Crippen molar-refractivity contribution in [2.45, 2.75) is 26.8 Å². The topological polar surface area (TPSA) is 38.5 Å². The van der Waals surface area contributed by atoms with E-state index in [0.29, 0.717) is 12.6 Å².